The van der Waals surface area contributed by atoms with Crippen molar-refractivity contribution in [3.63, 3.8) is 0 Å². The first-order valence-electron chi connectivity index (χ1n) is 10.6. The number of carbonyl (C=O) groups is 2. The van der Waals surface area contributed by atoms with Gasteiger partial charge in [0.1, 0.15) is 0 Å². The first kappa shape index (κ1) is 20.6. The Labute approximate surface area is 162 Å². The van der Waals surface area contributed by atoms with E-state index in [1.54, 1.807) is 6.92 Å². The van der Waals surface area contributed by atoms with Crippen LogP contribution in [0.2, 0.25) is 0 Å². The van der Waals surface area contributed by atoms with Gasteiger partial charge < -0.3 is 19.7 Å². The van der Waals surface area contributed by atoms with E-state index in [0.29, 0.717) is 31.8 Å². The van der Waals surface area contributed by atoms with Crippen molar-refractivity contribution in [2.24, 2.45) is 5.92 Å². The minimum absolute atomic E-state index is 0.106. The van der Waals surface area contributed by atoms with E-state index in [-0.39, 0.29) is 17.7 Å². The number of likely N-dealkylation sites (tertiary alicyclic amines) is 1. The molecule has 3 rings (SSSR count). The zero-order valence-electron chi connectivity index (χ0n) is 16.7. The molecule has 0 bridgehead atoms. The monoisotopic (exact) mass is 381 g/mol. The molecule has 3 saturated heterocycles. The van der Waals surface area contributed by atoms with Crippen LogP contribution in [0.5, 0.6) is 0 Å². The summed E-state index contributed by atoms with van der Waals surface area (Å²) in [5.74, 6) is 0.459. The summed E-state index contributed by atoms with van der Waals surface area (Å²) < 4.78 is 10.9. The van der Waals surface area contributed by atoms with Gasteiger partial charge in [0.15, 0.2) is 0 Å². The third-order valence-electron chi connectivity index (χ3n) is 6.30. The highest BCUT2D eigenvalue weighted by molar-refractivity contribution is 5.78. The average molecular weight is 382 g/mol. The van der Waals surface area contributed by atoms with Crippen LogP contribution < -0.4 is 5.32 Å². The Hall–Kier alpha value is -1.18. The molecule has 27 heavy (non-hydrogen) atoms. The van der Waals surface area contributed by atoms with Crippen LogP contribution in [0, 0.1) is 5.92 Å². The van der Waals surface area contributed by atoms with E-state index >= 15 is 0 Å². The molecule has 0 unspecified atom stereocenters. The minimum Gasteiger partial charge on any atom is -0.381 e. The lowest BCUT2D eigenvalue weighted by atomic mass is 9.97. The van der Waals surface area contributed by atoms with Crippen LogP contribution in [-0.4, -0.2) is 86.3 Å². The molecular formula is C20H35N3O4. The summed E-state index contributed by atoms with van der Waals surface area (Å²) >= 11 is 0. The highest BCUT2D eigenvalue weighted by Crippen LogP contribution is 2.23. The van der Waals surface area contributed by atoms with Crippen molar-refractivity contribution >= 4 is 11.8 Å². The molecular weight excluding hydrogens is 346 g/mol. The Morgan fingerprint density at radius 2 is 1.48 bits per heavy atom. The third-order valence-corrected chi connectivity index (χ3v) is 6.30. The highest BCUT2D eigenvalue weighted by Gasteiger charge is 2.31. The van der Waals surface area contributed by atoms with Gasteiger partial charge in [-0.1, -0.05) is 0 Å². The standard InChI is InChI=1S/C20H35N3O4/c1-16(24)22-9-2-18(3-10-22)23(19-6-14-27-15-7-19)11-8-21-20(25)17-4-12-26-13-5-17/h17-19H,2-15H2,1H3,(H,21,25). The third kappa shape index (κ3) is 5.90. The van der Waals surface area contributed by atoms with E-state index in [0.717, 1.165) is 71.4 Å². The van der Waals surface area contributed by atoms with Crippen molar-refractivity contribution in [2.75, 3.05) is 52.6 Å². The molecule has 0 saturated carbocycles. The quantitative estimate of drug-likeness (QED) is 0.744. The number of hydrogen-bond acceptors (Lipinski definition) is 5. The molecule has 0 aromatic rings. The normalized spacial score (nSPS) is 23.6. The van der Waals surface area contributed by atoms with Gasteiger partial charge in [-0.25, -0.2) is 0 Å². The summed E-state index contributed by atoms with van der Waals surface area (Å²) in [6.07, 6.45) is 5.81. The van der Waals surface area contributed by atoms with Crippen LogP contribution in [0.25, 0.3) is 0 Å². The molecule has 7 heteroatoms. The lowest BCUT2D eigenvalue weighted by molar-refractivity contribution is -0.131. The number of rotatable bonds is 6. The Kier molecular flexibility index (Phi) is 7.91. The number of nitrogens with one attached hydrogen (secondary N) is 1. The molecule has 0 atom stereocenters. The summed E-state index contributed by atoms with van der Waals surface area (Å²) in [6.45, 7) is 7.95. The van der Waals surface area contributed by atoms with Gasteiger partial charge >= 0.3 is 0 Å². The van der Waals surface area contributed by atoms with E-state index in [1.165, 1.54) is 0 Å². The Balaban J connectivity index is 1.50. The molecule has 3 heterocycles. The first-order chi connectivity index (χ1) is 13.1. The van der Waals surface area contributed by atoms with Gasteiger partial charge in [0.2, 0.25) is 11.8 Å². The molecule has 1 N–H and O–H groups in total. The van der Waals surface area contributed by atoms with Crippen LogP contribution in [0.4, 0.5) is 0 Å². The lowest BCUT2D eigenvalue weighted by Crippen LogP contribution is -2.53. The van der Waals surface area contributed by atoms with Crippen molar-refractivity contribution in [3.05, 3.63) is 0 Å². The second-order valence-corrected chi connectivity index (χ2v) is 8.00. The van der Waals surface area contributed by atoms with Crippen LogP contribution in [0.3, 0.4) is 0 Å². The fraction of sp³-hybridized carbons (Fsp3) is 0.900. The highest BCUT2D eigenvalue weighted by atomic mass is 16.5. The van der Waals surface area contributed by atoms with Gasteiger partial charge in [0.25, 0.3) is 0 Å². The fourth-order valence-electron chi connectivity index (χ4n) is 4.60. The zero-order valence-corrected chi connectivity index (χ0v) is 16.7. The SMILES string of the molecule is CC(=O)N1CCC(N(CCNC(=O)C2CCOCC2)C2CCOCC2)CC1. The van der Waals surface area contributed by atoms with Crippen molar-refractivity contribution < 1.29 is 19.1 Å². The molecule has 0 spiro atoms. The molecule has 3 aliphatic heterocycles. The van der Waals surface area contributed by atoms with Crippen LogP contribution in [0.15, 0.2) is 0 Å². The van der Waals surface area contributed by atoms with Gasteiger partial charge in [-0.2, -0.15) is 0 Å². The number of nitrogens with zero attached hydrogens (tertiary/aromatic N) is 2. The van der Waals surface area contributed by atoms with Gasteiger partial charge in [-0.15, -0.1) is 0 Å². The maximum Gasteiger partial charge on any atom is 0.223 e. The van der Waals surface area contributed by atoms with E-state index in [2.05, 4.69) is 10.2 Å². The molecule has 2 amide bonds. The Morgan fingerprint density at radius 1 is 0.926 bits per heavy atom. The van der Waals surface area contributed by atoms with Gasteiger partial charge in [0, 0.05) is 77.5 Å². The van der Waals surface area contributed by atoms with Crippen LogP contribution >= 0.6 is 0 Å². The molecule has 3 fully saturated rings. The predicted octanol–water partition coefficient (Wildman–Crippen LogP) is 1.02. The topological polar surface area (TPSA) is 71.1 Å². The number of amides is 2. The molecule has 0 aromatic carbocycles. The number of hydrogen-bond donors (Lipinski definition) is 1. The largest absolute Gasteiger partial charge is 0.381 e. The van der Waals surface area contributed by atoms with Crippen molar-refractivity contribution in [1.29, 1.82) is 0 Å². The lowest BCUT2D eigenvalue weighted by Gasteiger charge is -2.43. The van der Waals surface area contributed by atoms with Gasteiger partial charge in [-0.3, -0.25) is 14.5 Å². The maximum absolute atomic E-state index is 12.4. The molecule has 154 valence electrons. The smallest absolute Gasteiger partial charge is 0.223 e. The fourth-order valence-corrected chi connectivity index (χ4v) is 4.60. The molecule has 7 nitrogen and oxygen atoms in total. The summed E-state index contributed by atoms with van der Waals surface area (Å²) in [5, 5.41) is 3.16. The number of ether oxygens (including phenoxy) is 2. The van der Waals surface area contributed by atoms with Gasteiger partial charge in [0.05, 0.1) is 0 Å². The zero-order chi connectivity index (χ0) is 19.1. The summed E-state index contributed by atoms with van der Waals surface area (Å²) in [7, 11) is 0. The van der Waals surface area contributed by atoms with E-state index < -0.39 is 0 Å². The summed E-state index contributed by atoms with van der Waals surface area (Å²) in [4.78, 5) is 28.6. The van der Waals surface area contributed by atoms with Crippen molar-refractivity contribution in [3.8, 4) is 0 Å². The molecule has 0 aromatic heterocycles. The van der Waals surface area contributed by atoms with Gasteiger partial charge in [-0.05, 0) is 38.5 Å². The van der Waals surface area contributed by atoms with E-state index in [1.807, 2.05) is 4.90 Å². The minimum atomic E-state index is 0.106. The second-order valence-electron chi connectivity index (χ2n) is 8.00. The maximum atomic E-state index is 12.4. The predicted molar refractivity (Wildman–Crippen MR) is 102 cm³/mol. The second kappa shape index (κ2) is 10.4. The molecule has 3 aliphatic rings. The van der Waals surface area contributed by atoms with Crippen molar-refractivity contribution in [1.82, 2.24) is 15.1 Å². The first-order valence-corrected chi connectivity index (χ1v) is 10.6. The molecule has 0 radical (unpaired) electrons. The Morgan fingerprint density at radius 3 is 2.07 bits per heavy atom. The van der Waals surface area contributed by atoms with Crippen LogP contribution in [-0.2, 0) is 19.1 Å². The summed E-state index contributed by atoms with van der Waals surface area (Å²) in [6, 6.07) is 1.01. The van der Waals surface area contributed by atoms with Crippen molar-refractivity contribution in [2.45, 2.75) is 57.5 Å². The molecule has 0 aliphatic carbocycles. The average Bonchev–Trinajstić information content (AvgIpc) is 2.72. The summed E-state index contributed by atoms with van der Waals surface area (Å²) in [5.41, 5.74) is 0. The Bertz CT molecular complexity index is 482. The number of carbonyl (C=O) groups excluding carboxylic acids is 2. The number of piperidine rings is 1. The van der Waals surface area contributed by atoms with Crippen LogP contribution in [0.1, 0.15) is 45.4 Å². The van der Waals surface area contributed by atoms with E-state index in [4.69, 9.17) is 9.47 Å². The van der Waals surface area contributed by atoms with E-state index in [9.17, 15) is 9.59 Å².